The Morgan fingerprint density at radius 1 is 1.00 bits per heavy atom. The number of aromatic nitrogens is 1. The Kier molecular flexibility index (Phi) is 5.26. The van der Waals surface area contributed by atoms with E-state index >= 15 is 0 Å². The molecule has 0 amide bonds. The van der Waals surface area contributed by atoms with Crippen LogP contribution < -0.4 is 0 Å². The predicted octanol–water partition coefficient (Wildman–Crippen LogP) is 4.02. The van der Waals surface area contributed by atoms with E-state index in [1.807, 2.05) is 30.3 Å². The zero-order valence-corrected chi connectivity index (χ0v) is 14.4. The smallest absolute Gasteiger partial charge is 0.349 e. The van der Waals surface area contributed by atoms with Gasteiger partial charge in [-0.25, -0.2) is 9.18 Å². The average molecular weight is 364 g/mol. The third kappa shape index (κ3) is 4.36. The van der Waals surface area contributed by atoms with E-state index in [1.54, 1.807) is 29.1 Å². The quantitative estimate of drug-likeness (QED) is 0.491. The summed E-state index contributed by atoms with van der Waals surface area (Å²) in [6.45, 7) is 0.434. The molecular weight excluding hydrogens is 347 g/mol. The average Bonchev–Trinajstić information content (AvgIpc) is 3.08. The third-order valence-electron chi connectivity index (χ3n) is 4.14. The van der Waals surface area contributed by atoms with Gasteiger partial charge in [0.25, 0.3) is 0 Å². The summed E-state index contributed by atoms with van der Waals surface area (Å²) in [5.41, 5.74) is 2.06. The van der Waals surface area contributed by atoms with Gasteiger partial charge in [-0.3, -0.25) is 10.2 Å². The Bertz CT molecular complexity index is 992. The summed E-state index contributed by atoms with van der Waals surface area (Å²) < 4.78 is 14.9. The van der Waals surface area contributed by atoms with Gasteiger partial charge in [-0.2, -0.15) is 0 Å². The molecule has 0 fully saturated rings. The molecule has 3 rings (SSSR count). The Balaban J connectivity index is 1.96. The van der Waals surface area contributed by atoms with Crippen LogP contribution in [-0.2, 0) is 11.3 Å². The molecule has 136 valence electrons. The molecule has 0 aliphatic rings. The lowest BCUT2D eigenvalue weighted by Crippen LogP contribution is -2.16. The highest BCUT2D eigenvalue weighted by Crippen LogP contribution is 2.26. The first-order valence-corrected chi connectivity index (χ1v) is 8.27. The highest BCUT2D eigenvalue weighted by molar-refractivity contribution is 6.38. The van der Waals surface area contributed by atoms with Crippen molar-refractivity contribution in [1.29, 1.82) is 5.41 Å². The number of nitrogens with one attached hydrogen (secondary N) is 1. The second-order valence-electron chi connectivity index (χ2n) is 6.13. The second-order valence-corrected chi connectivity index (χ2v) is 6.13. The maximum absolute atomic E-state index is 13.1. The fourth-order valence-corrected chi connectivity index (χ4v) is 2.80. The van der Waals surface area contributed by atoms with Crippen molar-refractivity contribution < 1.29 is 19.1 Å². The van der Waals surface area contributed by atoms with Crippen LogP contribution in [0, 0.1) is 11.2 Å². The fourth-order valence-electron chi connectivity index (χ4n) is 2.80. The van der Waals surface area contributed by atoms with E-state index in [0.717, 1.165) is 11.1 Å². The molecule has 0 saturated heterocycles. The van der Waals surface area contributed by atoms with Gasteiger partial charge < -0.3 is 9.67 Å². The lowest BCUT2D eigenvalue weighted by molar-refractivity contribution is -0.129. The van der Waals surface area contributed by atoms with Crippen LogP contribution in [0.15, 0.2) is 67.0 Å². The maximum Gasteiger partial charge on any atom is 0.349 e. The molecule has 0 spiro atoms. The van der Waals surface area contributed by atoms with Gasteiger partial charge in [-0.1, -0.05) is 42.5 Å². The standard InChI is InChI=1S/C21H17FN2O3/c22-16-8-6-14(7-9-16)11-24-12-17(15-4-2-1-3-5-15)18(13-24)20(25)10-19(23)21(26)27/h1-9,12-13,23H,10-11H2,(H,26,27). The molecule has 0 bridgehead atoms. The zero-order valence-electron chi connectivity index (χ0n) is 14.4. The molecule has 0 saturated carbocycles. The van der Waals surface area contributed by atoms with Crippen molar-refractivity contribution >= 4 is 17.5 Å². The summed E-state index contributed by atoms with van der Waals surface area (Å²) in [4.78, 5) is 23.5. The van der Waals surface area contributed by atoms with E-state index in [-0.39, 0.29) is 5.82 Å². The van der Waals surface area contributed by atoms with Gasteiger partial charge in [0.15, 0.2) is 5.78 Å². The van der Waals surface area contributed by atoms with Crippen molar-refractivity contribution in [2.45, 2.75) is 13.0 Å². The van der Waals surface area contributed by atoms with Crippen molar-refractivity contribution in [3.05, 3.63) is 83.9 Å². The van der Waals surface area contributed by atoms with Gasteiger partial charge in [0, 0.05) is 30.1 Å². The molecular formula is C21H17FN2O3. The van der Waals surface area contributed by atoms with E-state index < -0.39 is 23.9 Å². The van der Waals surface area contributed by atoms with Crippen LogP contribution >= 0.6 is 0 Å². The number of rotatable bonds is 7. The number of Topliss-reactive ketones (excluding diaryl/α,β-unsaturated/α-hetero) is 1. The number of ketones is 1. The van der Waals surface area contributed by atoms with Crippen LogP contribution in [0.1, 0.15) is 22.3 Å². The SMILES string of the molecule is N=C(CC(=O)c1cn(Cc2ccc(F)cc2)cc1-c1ccccc1)C(=O)O. The largest absolute Gasteiger partial charge is 0.477 e. The molecule has 1 aromatic heterocycles. The molecule has 0 atom stereocenters. The number of hydrogen-bond donors (Lipinski definition) is 2. The van der Waals surface area contributed by atoms with E-state index in [4.69, 9.17) is 10.5 Å². The highest BCUT2D eigenvalue weighted by Gasteiger charge is 2.20. The molecule has 3 aromatic rings. The second kappa shape index (κ2) is 7.78. The van der Waals surface area contributed by atoms with Gasteiger partial charge in [-0.05, 0) is 23.3 Å². The molecule has 2 N–H and O–H groups in total. The lowest BCUT2D eigenvalue weighted by Gasteiger charge is -2.03. The van der Waals surface area contributed by atoms with Crippen molar-refractivity contribution in [2.75, 3.05) is 0 Å². The molecule has 5 nitrogen and oxygen atoms in total. The molecule has 6 heteroatoms. The minimum atomic E-state index is -1.41. The number of halogens is 1. The van der Waals surface area contributed by atoms with E-state index in [1.165, 1.54) is 12.1 Å². The summed E-state index contributed by atoms with van der Waals surface area (Å²) in [6, 6.07) is 15.3. The van der Waals surface area contributed by atoms with Gasteiger partial charge in [0.2, 0.25) is 0 Å². The maximum atomic E-state index is 13.1. The van der Waals surface area contributed by atoms with Crippen LogP contribution in [0.3, 0.4) is 0 Å². The third-order valence-corrected chi connectivity index (χ3v) is 4.14. The van der Waals surface area contributed by atoms with Crippen molar-refractivity contribution in [2.24, 2.45) is 0 Å². The van der Waals surface area contributed by atoms with Crippen molar-refractivity contribution in [3.8, 4) is 11.1 Å². The number of carboxylic acids is 1. The Morgan fingerprint density at radius 3 is 2.30 bits per heavy atom. The van der Waals surface area contributed by atoms with E-state index in [9.17, 15) is 14.0 Å². The van der Waals surface area contributed by atoms with Gasteiger partial charge in [0.1, 0.15) is 11.5 Å². The summed E-state index contributed by atoms with van der Waals surface area (Å²) in [5, 5.41) is 16.3. The number of benzene rings is 2. The van der Waals surface area contributed by atoms with Crippen LogP contribution in [-0.4, -0.2) is 27.1 Å². The zero-order chi connectivity index (χ0) is 19.4. The van der Waals surface area contributed by atoms with E-state index in [2.05, 4.69) is 0 Å². The fraction of sp³-hybridized carbons (Fsp3) is 0.0952. The lowest BCUT2D eigenvalue weighted by atomic mass is 9.99. The van der Waals surface area contributed by atoms with Crippen LogP contribution in [0.25, 0.3) is 11.1 Å². The number of carboxylic acid groups (broad SMARTS) is 1. The van der Waals surface area contributed by atoms with Gasteiger partial charge >= 0.3 is 5.97 Å². The molecule has 2 aromatic carbocycles. The Hall–Kier alpha value is -3.54. The van der Waals surface area contributed by atoms with Crippen LogP contribution in [0.5, 0.6) is 0 Å². The minimum absolute atomic E-state index is 0.320. The Labute approximate surface area is 155 Å². The van der Waals surface area contributed by atoms with Crippen molar-refractivity contribution in [3.63, 3.8) is 0 Å². The molecule has 0 radical (unpaired) electrons. The summed E-state index contributed by atoms with van der Waals surface area (Å²) >= 11 is 0. The van der Waals surface area contributed by atoms with Crippen LogP contribution in [0.4, 0.5) is 4.39 Å². The number of hydrogen-bond acceptors (Lipinski definition) is 3. The molecule has 0 aliphatic carbocycles. The molecule has 1 heterocycles. The number of aliphatic carboxylic acids is 1. The summed E-state index contributed by atoms with van der Waals surface area (Å²) in [6.07, 6.45) is 2.97. The predicted molar refractivity (Wildman–Crippen MR) is 99.7 cm³/mol. The summed E-state index contributed by atoms with van der Waals surface area (Å²) in [5.74, 6) is -2.16. The minimum Gasteiger partial charge on any atom is -0.477 e. The highest BCUT2D eigenvalue weighted by atomic mass is 19.1. The first-order chi connectivity index (χ1) is 12.9. The van der Waals surface area contributed by atoms with E-state index in [0.29, 0.717) is 17.7 Å². The topological polar surface area (TPSA) is 83.2 Å². The number of nitrogens with zero attached hydrogens (tertiary/aromatic N) is 1. The molecule has 0 aliphatic heterocycles. The number of carbonyl (C=O) groups excluding carboxylic acids is 1. The molecule has 0 unspecified atom stereocenters. The normalized spacial score (nSPS) is 10.6. The molecule has 27 heavy (non-hydrogen) atoms. The first-order valence-electron chi connectivity index (χ1n) is 8.27. The van der Waals surface area contributed by atoms with Gasteiger partial charge in [-0.15, -0.1) is 0 Å². The van der Waals surface area contributed by atoms with Crippen molar-refractivity contribution in [1.82, 2.24) is 4.57 Å². The number of carbonyl (C=O) groups is 2. The van der Waals surface area contributed by atoms with Gasteiger partial charge in [0.05, 0.1) is 6.42 Å². The first kappa shape index (κ1) is 18.3. The Morgan fingerprint density at radius 2 is 1.67 bits per heavy atom. The monoisotopic (exact) mass is 364 g/mol. The summed E-state index contributed by atoms with van der Waals surface area (Å²) in [7, 11) is 0. The van der Waals surface area contributed by atoms with Crippen LogP contribution in [0.2, 0.25) is 0 Å².